The number of carbonyl (C=O) groups excluding carboxylic acids is 2. The molecule has 196 valence electrons. The van der Waals surface area contributed by atoms with Crippen molar-refractivity contribution >= 4 is 17.8 Å². The van der Waals surface area contributed by atoms with E-state index in [1.807, 2.05) is 44.2 Å². The van der Waals surface area contributed by atoms with Gasteiger partial charge in [0.05, 0.1) is 24.2 Å². The minimum Gasteiger partial charge on any atom is -0.481 e. The number of carboxylic acid groups (broad SMARTS) is 1. The van der Waals surface area contributed by atoms with Gasteiger partial charge in [-0.25, -0.2) is 0 Å². The zero-order valence-electron chi connectivity index (χ0n) is 21.3. The molecule has 0 aromatic heterocycles. The summed E-state index contributed by atoms with van der Waals surface area (Å²) in [7, 11) is 0. The Morgan fingerprint density at radius 1 is 1.28 bits per heavy atom. The first-order valence-corrected chi connectivity index (χ1v) is 13.1. The first kappa shape index (κ1) is 26.4. The smallest absolute Gasteiger partial charge is 0.310 e. The SMILES string of the molecule is C=CCN(CCCC)C(=O)C1N([C@@H](CO)Cc2ccccc2)C(=O)[C@@H]2[C@@H](C(=O)O)[C@@]3(CC)CCC12O3. The Morgan fingerprint density at radius 3 is 2.58 bits per heavy atom. The monoisotopic (exact) mass is 498 g/mol. The fourth-order valence-electron chi connectivity index (χ4n) is 6.81. The molecule has 6 atom stereocenters. The van der Waals surface area contributed by atoms with Crippen LogP contribution in [-0.4, -0.2) is 80.8 Å². The predicted octanol–water partition coefficient (Wildman–Crippen LogP) is 2.64. The van der Waals surface area contributed by atoms with Crippen LogP contribution in [0.25, 0.3) is 0 Å². The maximum absolute atomic E-state index is 14.2. The van der Waals surface area contributed by atoms with Crippen molar-refractivity contribution in [2.24, 2.45) is 11.8 Å². The van der Waals surface area contributed by atoms with E-state index in [-0.39, 0.29) is 12.5 Å². The Hall–Kier alpha value is -2.71. The standard InChI is InChI=1S/C28H38N2O6/c1-4-7-16-29(15-5-2)25(33)23-28-14-13-27(6-3,36-28)22(26(34)35)21(28)24(32)30(23)20(18-31)17-19-11-9-8-10-12-19/h5,8-12,20-23,31H,2,4,6-7,13-18H2,1,3H3,(H,34,35)/t20-,21+,22+,23?,27-,28?/m1/s1. The van der Waals surface area contributed by atoms with Gasteiger partial charge in [0.1, 0.15) is 17.6 Å². The summed E-state index contributed by atoms with van der Waals surface area (Å²) in [5, 5.41) is 20.7. The van der Waals surface area contributed by atoms with Gasteiger partial charge in [-0.3, -0.25) is 14.4 Å². The number of hydrogen-bond donors (Lipinski definition) is 2. The molecule has 3 fully saturated rings. The van der Waals surface area contributed by atoms with Crippen molar-refractivity contribution < 1.29 is 29.3 Å². The lowest BCUT2D eigenvalue weighted by Gasteiger charge is -2.39. The average molecular weight is 499 g/mol. The summed E-state index contributed by atoms with van der Waals surface area (Å²) in [5.74, 6) is -3.71. The molecule has 2 N–H and O–H groups in total. The molecule has 8 heteroatoms. The fraction of sp³-hybridized carbons (Fsp3) is 0.607. The third-order valence-corrected chi connectivity index (χ3v) is 8.48. The quantitative estimate of drug-likeness (QED) is 0.429. The number of aliphatic carboxylic acids is 1. The number of carbonyl (C=O) groups is 3. The molecule has 4 rings (SSSR count). The maximum atomic E-state index is 14.2. The first-order chi connectivity index (χ1) is 17.3. The van der Waals surface area contributed by atoms with Crippen molar-refractivity contribution in [1.29, 1.82) is 0 Å². The molecule has 1 aromatic rings. The Labute approximate surface area is 212 Å². The van der Waals surface area contributed by atoms with E-state index in [0.717, 1.165) is 18.4 Å². The van der Waals surface area contributed by atoms with Gasteiger partial charge in [-0.15, -0.1) is 6.58 Å². The number of carboxylic acids is 1. The van der Waals surface area contributed by atoms with Crippen LogP contribution in [0.15, 0.2) is 43.0 Å². The minimum absolute atomic E-state index is 0.261. The number of aliphatic hydroxyl groups excluding tert-OH is 1. The molecule has 1 spiro atoms. The van der Waals surface area contributed by atoms with Crippen molar-refractivity contribution in [1.82, 2.24) is 9.80 Å². The highest BCUT2D eigenvalue weighted by Crippen LogP contribution is 2.64. The van der Waals surface area contributed by atoms with E-state index in [2.05, 4.69) is 6.58 Å². The van der Waals surface area contributed by atoms with E-state index in [0.29, 0.717) is 38.8 Å². The summed E-state index contributed by atoms with van der Waals surface area (Å²) in [6.45, 7) is 8.21. The van der Waals surface area contributed by atoms with Crippen LogP contribution in [0, 0.1) is 11.8 Å². The molecule has 0 radical (unpaired) electrons. The van der Waals surface area contributed by atoms with Crippen molar-refractivity contribution in [3.8, 4) is 0 Å². The number of benzene rings is 1. The molecule has 3 aliphatic rings. The molecule has 36 heavy (non-hydrogen) atoms. The van der Waals surface area contributed by atoms with E-state index in [1.54, 1.807) is 11.0 Å². The molecule has 8 nitrogen and oxygen atoms in total. The number of rotatable bonds is 12. The number of ether oxygens (including phenoxy) is 1. The van der Waals surface area contributed by atoms with E-state index >= 15 is 0 Å². The van der Waals surface area contributed by atoms with Crippen LogP contribution in [-0.2, 0) is 25.5 Å². The Kier molecular flexibility index (Phi) is 7.57. The lowest BCUT2D eigenvalue weighted by molar-refractivity contribution is -0.160. The minimum atomic E-state index is -1.22. The highest BCUT2D eigenvalue weighted by molar-refractivity contribution is 5.98. The molecule has 2 amide bonds. The van der Waals surface area contributed by atoms with Gasteiger partial charge in [0.15, 0.2) is 0 Å². The Morgan fingerprint density at radius 2 is 2.00 bits per heavy atom. The van der Waals surface area contributed by atoms with Gasteiger partial charge in [0.2, 0.25) is 11.8 Å². The molecule has 0 aliphatic carbocycles. The van der Waals surface area contributed by atoms with E-state index < -0.39 is 47.0 Å². The summed E-state index contributed by atoms with van der Waals surface area (Å²) in [6, 6.07) is 7.82. The number of hydrogen-bond acceptors (Lipinski definition) is 5. The highest BCUT2D eigenvalue weighted by atomic mass is 16.5. The van der Waals surface area contributed by atoms with Gasteiger partial charge < -0.3 is 24.7 Å². The van der Waals surface area contributed by atoms with Crippen molar-refractivity contribution in [3.63, 3.8) is 0 Å². The van der Waals surface area contributed by atoms with Crippen LogP contribution in [0.5, 0.6) is 0 Å². The maximum Gasteiger partial charge on any atom is 0.310 e. The summed E-state index contributed by atoms with van der Waals surface area (Å²) < 4.78 is 6.61. The topological polar surface area (TPSA) is 107 Å². The lowest BCUT2D eigenvalue weighted by atomic mass is 9.65. The summed E-state index contributed by atoms with van der Waals surface area (Å²) >= 11 is 0. The molecular formula is C28H38N2O6. The van der Waals surface area contributed by atoms with E-state index in [1.165, 1.54) is 4.90 Å². The molecular weight excluding hydrogens is 460 g/mol. The molecule has 2 bridgehead atoms. The first-order valence-electron chi connectivity index (χ1n) is 13.1. The third kappa shape index (κ3) is 4.04. The van der Waals surface area contributed by atoms with Gasteiger partial charge in [0, 0.05) is 13.1 Å². The summed E-state index contributed by atoms with van der Waals surface area (Å²) in [5.41, 5.74) is -1.26. The van der Waals surface area contributed by atoms with E-state index in [4.69, 9.17) is 4.74 Å². The number of likely N-dealkylation sites (tertiary alicyclic amines) is 1. The van der Waals surface area contributed by atoms with Gasteiger partial charge in [0.25, 0.3) is 0 Å². The van der Waals surface area contributed by atoms with Crippen LogP contribution in [0.3, 0.4) is 0 Å². The lowest BCUT2D eigenvalue weighted by Crippen LogP contribution is -2.59. The number of aliphatic hydroxyl groups is 1. The van der Waals surface area contributed by atoms with Gasteiger partial charge >= 0.3 is 5.97 Å². The van der Waals surface area contributed by atoms with Crippen molar-refractivity contribution in [2.75, 3.05) is 19.7 Å². The van der Waals surface area contributed by atoms with Crippen molar-refractivity contribution in [3.05, 3.63) is 48.6 Å². The summed E-state index contributed by atoms with van der Waals surface area (Å²) in [4.78, 5) is 44.1. The molecule has 3 saturated heterocycles. The van der Waals surface area contributed by atoms with Crippen LogP contribution < -0.4 is 0 Å². The second-order valence-corrected chi connectivity index (χ2v) is 10.4. The van der Waals surface area contributed by atoms with Crippen LogP contribution in [0.2, 0.25) is 0 Å². The summed E-state index contributed by atoms with van der Waals surface area (Å²) in [6.07, 6.45) is 5.08. The zero-order chi connectivity index (χ0) is 26.1. The average Bonchev–Trinajstić information content (AvgIpc) is 3.49. The molecule has 3 aliphatic heterocycles. The molecule has 0 saturated carbocycles. The molecule has 2 unspecified atom stereocenters. The third-order valence-electron chi connectivity index (χ3n) is 8.48. The second kappa shape index (κ2) is 10.3. The fourth-order valence-corrected chi connectivity index (χ4v) is 6.81. The largest absolute Gasteiger partial charge is 0.481 e. The number of unbranched alkanes of at least 4 members (excludes halogenated alkanes) is 1. The van der Waals surface area contributed by atoms with Crippen LogP contribution >= 0.6 is 0 Å². The number of nitrogens with zero attached hydrogens (tertiary/aromatic N) is 2. The normalized spacial score (nSPS) is 31.4. The second-order valence-electron chi connectivity index (χ2n) is 10.4. The van der Waals surface area contributed by atoms with Crippen LogP contribution in [0.4, 0.5) is 0 Å². The van der Waals surface area contributed by atoms with Crippen LogP contribution in [0.1, 0.15) is 51.5 Å². The number of fused-ring (bicyclic) bond motifs is 1. The predicted molar refractivity (Wildman–Crippen MR) is 134 cm³/mol. The zero-order valence-corrected chi connectivity index (χ0v) is 21.3. The molecule has 1 aromatic carbocycles. The van der Waals surface area contributed by atoms with E-state index in [9.17, 15) is 24.6 Å². The Balaban J connectivity index is 1.81. The van der Waals surface area contributed by atoms with Gasteiger partial charge in [-0.2, -0.15) is 0 Å². The van der Waals surface area contributed by atoms with Gasteiger partial charge in [-0.05, 0) is 37.7 Å². The molecule has 3 heterocycles. The Bertz CT molecular complexity index is 999. The van der Waals surface area contributed by atoms with Crippen molar-refractivity contribution in [2.45, 2.75) is 75.7 Å². The number of amides is 2. The highest BCUT2D eigenvalue weighted by Gasteiger charge is 2.79. The van der Waals surface area contributed by atoms with Gasteiger partial charge in [-0.1, -0.05) is 56.7 Å².